The van der Waals surface area contributed by atoms with Gasteiger partial charge in [0.15, 0.2) is 0 Å². The highest BCUT2D eigenvalue weighted by Gasteiger charge is 2.63. The quantitative estimate of drug-likeness (QED) is 0.376. The smallest absolute Gasteiger partial charge is 0.143 e. The minimum atomic E-state index is -0.00312. The first-order valence-electron chi connectivity index (χ1n) is 14.5. The lowest BCUT2D eigenvalue weighted by Crippen LogP contribution is -2.59. The molecule has 4 rings (SSSR count). The normalized spacial score (nSPS) is 38.7. The Morgan fingerprint density at radius 2 is 1.86 bits per heavy atom. The van der Waals surface area contributed by atoms with Gasteiger partial charge in [0.2, 0.25) is 0 Å². The van der Waals surface area contributed by atoms with Gasteiger partial charge in [0.1, 0.15) is 5.76 Å². The highest BCUT2D eigenvalue weighted by molar-refractivity contribution is 5.31. The molecule has 35 heavy (non-hydrogen) atoms. The maximum Gasteiger partial charge on any atom is 0.143 e. The molecule has 1 aromatic rings. The summed E-state index contributed by atoms with van der Waals surface area (Å²) >= 11 is 0. The second kappa shape index (κ2) is 9.03. The number of nitrogens with zero attached hydrogens (tertiary/aromatic N) is 1. The van der Waals surface area contributed by atoms with E-state index in [1.807, 2.05) is 6.20 Å². The monoisotopic (exact) mass is 483 g/mol. The maximum absolute atomic E-state index is 10.5. The van der Waals surface area contributed by atoms with Gasteiger partial charge < -0.3 is 9.63 Å². The molecule has 0 spiro atoms. The molecular weight excluding hydrogens is 430 g/mol. The zero-order valence-corrected chi connectivity index (χ0v) is 24.3. The van der Waals surface area contributed by atoms with Crippen LogP contribution in [0, 0.1) is 38.9 Å². The van der Waals surface area contributed by atoms with Crippen LogP contribution in [0.3, 0.4) is 0 Å². The average molecular weight is 484 g/mol. The van der Waals surface area contributed by atoms with E-state index >= 15 is 0 Å². The van der Waals surface area contributed by atoms with E-state index < -0.39 is 0 Å². The van der Waals surface area contributed by atoms with Gasteiger partial charge in [-0.25, -0.2) is 0 Å². The van der Waals surface area contributed by atoms with Crippen LogP contribution in [0.25, 0.3) is 0 Å². The van der Waals surface area contributed by atoms with Crippen LogP contribution in [0.1, 0.15) is 131 Å². The SMILES string of the molecule is CCC(C)(C)CC[C@](C)(CO)CC[C@]1(C)C(C)=CC[C@@H]2[C@@]3(C)Cc4cnoc4[C@@H](C)[C@@H]3CC[C@]21C. The number of allylic oxidation sites excluding steroid dienone is 2. The predicted octanol–water partition coefficient (Wildman–Crippen LogP) is 8.72. The Bertz CT molecular complexity index is 945. The predicted molar refractivity (Wildman–Crippen MR) is 145 cm³/mol. The number of hydrogen-bond donors (Lipinski definition) is 1. The van der Waals surface area contributed by atoms with Crippen LogP contribution >= 0.6 is 0 Å². The Morgan fingerprint density at radius 1 is 1.14 bits per heavy atom. The molecule has 3 nitrogen and oxygen atoms in total. The van der Waals surface area contributed by atoms with E-state index in [-0.39, 0.29) is 21.7 Å². The number of aromatic nitrogens is 1. The van der Waals surface area contributed by atoms with Crippen molar-refractivity contribution in [1.82, 2.24) is 5.16 Å². The molecule has 198 valence electrons. The van der Waals surface area contributed by atoms with Crippen LogP contribution < -0.4 is 0 Å². The molecule has 1 heterocycles. The van der Waals surface area contributed by atoms with Gasteiger partial charge in [-0.3, -0.25) is 0 Å². The summed E-state index contributed by atoms with van der Waals surface area (Å²) in [5, 5.41) is 14.7. The van der Waals surface area contributed by atoms with Crippen molar-refractivity contribution in [2.24, 2.45) is 38.9 Å². The lowest BCUT2D eigenvalue weighted by molar-refractivity contribution is -0.133. The summed E-state index contributed by atoms with van der Waals surface area (Å²) in [6, 6.07) is 0. The lowest BCUT2D eigenvalue weighted by Gasteiger charge is -2.66. The second-order valence-corrected chi connectivity index (χ2v) is 14.7. The van der Waals surface area contributed by atoms with E-state index in [1.54, 1.807) is 5.57 Å². The molecular formula is C32H53NO2. The molecule has 0 aliphatic heterocycles. The van der Waals surface area contributed by atoms with Crippen LogP contribution in [0.5, 0.6) is 0 Å². The molecule has 3 aliphatic rings. The Balaban J connectivity index is 1.61. The Kier molecular flexibility index (Phi) is 6.96. The number of aliphatic hydroxyl groups excluding tert-OH is 1. The van der Waals surface area contributed by atoms with Crippen LogP contribution in [0.2, 0.25) is 0 Å². The van der Waals surface area contributed by atoms with Crippen molar-refractivity contribution < 1.29 is 9.63 Å². The van der Waals surface area contributed by atoms with Crippen molar-refractivity contribution in [3.8, 4) is 0 Å². The van der Waals surface area contributed by atoms with Crippen molar-refractivity contribution in [1.29, 1.82) is 0 Å². The first-order chi connectivity index (χ1) is 16.3. The van der Waals surface area contributed by atoms with E-state index in [1.165, 1.54) is 44.1 Å². The Morgan fingerprint density at radius 3 is 2.51 bits per heavy atom. The van der Waals surface area contributed by atoms with E-state index in [4.69, 9.17) is 4.52 Å². The molecule has 3 aliphatic carbocycles. The number of aliphatic hydroxyl groups is 1. The lowest BCUT2D eigenvalue weighted by atomic mass is 9.38. The maximum atomic E-state index is 10.5. The van der Waals surface area contributed by atoms with Crippen molar-refractivity contribution in [2.75, 3.05) is 6.61 Å². The van der Waals surface area contributed by atoms with Gasteiger partial charge in [-0.15, -0.1) is 0 Å². The summed E-state index contributed by atoms with van der Waals surface area (Å²) in [7, 11) is 0. The van der Waals surface area contributed by atoms with Crippen molar-refractivity contribution in [3.63, 3.8) is 0 Å². The van der Waals surface area contributed by atoms with E-state index in [9.17, 15) is 5.11 Å². The summed E-state index contributed by atoms with van der Waals surface area (Å²) in [5.41, 5.74) is 3.99. The van der Waals surface area contributed by atoms with Crippen LogP contribution in [-0.2, 0) is 6.42 Å². The van der Waals surface area contributed by atoms with E-state index in [0.717, 1.165) is 25.0 Å². The number of fused-ring (bicyclic) bond motifs is 4. The molecule has 1 fully saturated rings. The summed E-state index contributed by atoms with van der Waals surface area (Å²) in [5.74, 6) is 2.92. The molecule has 1 saturated carbocycles. The summed E-state index contributed by atoms with van der Waals surface area (Å²) in [6.07, 6.45) is 15.2. The van der Waals surface area contributed by atoms with Gasteiger partial charge in [0, 0.05) is 18.1 Å². The van der Waals surface area contributed by atoms with Crippen LogP contribution in [-0.4, -0.2) is 16.9 Å². The third-order valence-electron chi connectivity index (χ3n) is 12.4. The molecule has 0 radical (unpaired) electrons. The molecule has 0 unspecified atom stereocenters. The fourth-order valence-electron chi connectivity index (χ4n) is 8.69. The molecule has 0 amide bonds. The van der Waals surface area contributed by atoms with Gasteiger partial charge in [-0.05, 0) is 97.2 Å². The second-order valence-electron chi connectivity index (χ2n) is 14.7. The highest BCUT2D eigenvalue weighted by atomic mass is 16.5. The summed E-state index contributed by atoms with van der Waals surface area (Å²) in [6.45, 7) is 22.2. The molecule has 0 aromatic carbocycles. The fourth-order valence-corrected chi connectivity index (χ4v) is 8.69. The largest absolute Gasteiger partial charge is 0.396 e. The van der Waals surface area contributed by atoms with Gasteiger partial charge in [-0.1, -0.05) is 78.6 Å². The fraction of sp³-hybridized carbons (Fsp3) is 0.844. The van der Waals surface area contributed by atoms with Gasteiger partial charge in [0.25, 0.3) is 0 Å². The Labute approximate surface area is 215 Å². The van der Waals surface area contributed by atoms with Gasteiger partial charge in [0.05, 0.1) is 6.20 Å². The van der Waals surface area contributed by atoms with Crippen molar-refractivity contribution >= 4 is 0 Å². The number of hydrogen-bond acceptors (Lipinski definition) is 3. The first-order valence-corrected chi connectivity index (χ1v) is 14.5. The highest BCUT2D eigenvalue weighted by Crippen LogP contribution is 2.70. The average Bonchev–Trinajstić information content (AvgIpc) is 3.28. The minimum absolute atomic E-state index is 0.00312. The van der Waals surface area contributed by atoms with E-state index in [2.05, 4.69) is 73.5 Å². The molecule has 0 bridgehead atoms. The van der Waals surface area contributed by atoms with Crippen molar-refractivity contribution in [2.45, 2.75) is 126 Å². The van der Waals surface area contributed by atoms with E-state index in [0.29, 0.717) is 29.8 Å². The zero-order chi connectivity index (χ0) is 25.9. The molecule has 3 heteroatoms. The van der Waals surface area contributed by atoms with Crippen LogP contribution in [0.4, 0.5) is 0 Å². The molecule has 7 atom stereocenters. The minimum Gasteiger partial charge on any atom is -0.396 e. The molecule has 0 saturated heterocycles. The molecule has 1 N–H and O–H groups in total. The van der Waals surface area contributed by atoms with Crippen LogP contribution in [0.15, 0.2) is 22.4 Å². The number of rotatable bonds is 8. The zero-order valence-electron chi connectivity index (χ0n) is 24.3. The Hall–Kier alpha value is -1.09. The third-order valence-corrected chi connectivity index (χ3v) is 12.4. The standard InChI is InChI=1S/C32H53NO2/c1-10-28(4,5)15-16-29(6,21-34)17-18-31(8)22(2)11-12-26-30(7)19-24-20-33-35-27(24)23(3)25(30)13-14-32(26,31)9/h11,20,23,25-26,34H,10,12-19,21H2,1-9H3/t23-,25-,26+,29-,30-,31+,32+/m0/s1. The topological polar surface area (TPSA) is 46.3 Å². The third kappa shape index (κ3) is 4.26. The van der Waals surface area contributed by atoms with Crippen molar-refractivity contribution in [3.05, 3.63) is 29.2 Å². The first kappa shape index (κ1) is 27.0. The summed E-state index contributed by atoms with van der Waals surface area (Å²) in [4.78, 5) is 0. The molecule has 1 aromatic heterocycles. The van der Waals surface area contributed by atoms with Gasteiger partial charge in [-0.2, -0.15) is 0 Å². The van der Waals surface area contributed by atoms with Gasteiger partial charge >= 0.3 is 0 Å². The summed E-state index contributed by atoms with van der Waals surface area (Å²) < 4.78 is 5.74.